The molecule has 0 spiro atoms. The molecule has 3 aromatic rings. The van der Waals surface area contributed by atoms with Gasteiger partial charge in [0.1, 0.15) is 31.6 Å². The summed E-state index contributed by atoms with van der Waals surface area (Å²) in [5, 5.41) is 13.3. The first-order chi connectivity index (χ1) is 20.8. The first-order valence-electron chi connectivity index (χ1n) is 13.7. The molecule has 4 rings (SSSR count). The van der Waals surface area contributed by atoms with Crippen LogP contribution in [0.4, 0.5) is 10.5 Å². The third kappa shape index (κ3) is 9.13. The zero-order chi connectivity index (χ0) is 30.6. The van der Waals surface area contributed by atoms with Crippen LogP contribution in [0.5, 0.6) is 0 Å². The van der Waals surface area contributed by atoms with Crippen LogP contribution in [0.3, 0.4) is 0 Å². The summed E-state index contributed by atoms with van der Waals surface area (Å²) in [6.07, 6.45) is -0.452. The Labute approximate surface area is 249 Å². The van der Waals surface area contributed by atoms with Crippen molar-refractivity contribution in [1.82, 2.24) is 15.1 Å². The molecule has 5 N–H and O–H groups in total. The summed E-state index contributed by atoms with van der Waals surface area (Å²) in [5.74, 6) is -2.00. The van der Waals surface area contributed by atoms with Gasteiger partial charge in [-0.3, -0.25) is 24.7 Å². The average molecular weight is 587 g/mol. The molecule has 1 unspecified atom stereocenters. The van der Waals surface area contributed by atoms with Gasteiger partial charge in [-0.2, -0.15) is 0 Å². The Bertz CT molecular complexity index is 1430. The lowest BCUT2D eigenvalue weighted by atomic mass is 10.1. The average Bonchev–Trinajstić information content (AvgIpc) is 3.03. The smallest absolute Gasteiger partial charge is 0.410 e. The van der Waals surface area contributed by atoms with Crippen LogP contribution >= 0.6 is 0 Å². The minimum atomic E-state index is -1.07. The van der Waals surface area contributed by atoms with E-state index in [1.165, 1.54) is 6.07 Å². The van der Waals surface area contributed by atoms with Crippen LogP contribution in [-0.2, 0) is 32.3 Å². The monoisotopic (exact) mass is 586 g/mol. The Morgan fingerprint density at radius 1 is 0.814 bits per heavy atom. The number of benzene rings is 3. The third-order valence-corrected chi connectivity index (χ3v) is 6.71. The summed E-state index contributed by atoms with van der Waals surface area (Å²) >= 11 is 0. The van der Waals surface area contributed by atoms with Crippen molar-refractivity contribution >= 4 is 35.4 Å². The van der Waals surface area contributed by atoms with Crippen molar-refractivity contribution in [3.05, 3.63) is 102 Å². The summed E-state index contributed by atoms with van der Waals surface area (Å²) < 4.78 is 10.6. The maximum Gasteiger partial charge on any atom is 0.410 e. The summed E-state index contributed by atoms with van der Waals surface area (Å²) in [6, 6.07) is 23.6. The van der Waals surface area contributed by atoms with Gasteiger partial charge in [0.2, 0.25) is 5.91 Å². The Morgan fingerprint density at radius 3 is 2.02 bits per heavy atom. The van der Waals surface area contributed by atoms with Crippen molar-refractivity contribution in [2.24, 2.45) is 5.73 Å². The summed E-state index contributed by atoms with van der Waals surface area (Å²) in [7, 11) is 0. The van der Waals surface area contributed by atoms with Gasteiger partial charge >= 0.3 is 12.1 Å². The fraction of sp³-hybridized carbons (Fsp3) is 0.258. The lowest BCUT2D eigenvalue weighted by Crippen LogP contribution is -2.58. The summed E-state index contributed by atoms with van der Waals surface area (Å²) in [5.41, 5.74) is 8.05. The van der Waals surface area contributed by atoms with Crippen molar-refractivity contribution in [2.45, 2.75) is 19.3 Å². The maximum atomic E-state index is 13.2. The Morgan fingerprint density at radius 2 is 1.42 bits per heavy atom. The van der Waals surface area contributed by atoms with Crippen LogP contribution in [0.25, 0.3) is 0 Å². The predicted molar refractivity (Wildman–Crippen MR) is 159 cm³/mol. The number of anilines is 1. The Hall–Kier alpha value is -5.23. The molecule has 0 saturated carbocycles. The molecule has 1 atom stereocenters. The van der Waals surface area contributed by atoms with Crippen LogP contribution in [0.15, 0.2) is 84.9 Å². The third-order valence-electron chi connectivity index (χ3n) is 6.71. The number of hydrogen-bond donors (Lipinski definition) is 4. The number of carbonyl (C=O) groups is 4. The lowest BCUT2D eigenvalue weighted by Gasteiger charge is -2.37. The van der Waals surface area contributed by atoms with E-state index in [4.69, 9.17) is 20.6 Å². The van der Waals surface area contributed by atoms with Crippen molar-refractivity contribution < 1.29 is 28.7 Å². The van der Waals surface area contributed by atoms with Crippen LogP contribution in [-0.4, -0.2) is 78.3 Å². The largest absolute Gasteiger partial charge is 0.460 e. The number of ether oxygens (including phenoxy) is 2. The molecule has 1 fully saturated rings. The lowest BCUT2D eigenvalue weighted by molar-refractivity contribution is -0.143. The zero-order valence-electron chi connectivity index (χ0n) is 23.5. The topological polar surface area (TPSA) is 167 Å². The number of amides is 3. The number of rotatable bonds is 11. The van der Waals surface area contributed by atoms with Crippen LogP contribution < -0.4 is 16.4 Å². The van der Waals surface area contributed by atoms with Gasteiger partial charge < -0.3 is 30.7 Å². The van der Waals surface area contributed by atoms with Gasteiger partial charge in [-0.25, -0.2) is 4.79 Å². The first kappa shape index (κ1) is 30.7. The van der Waals surface area contributed by atoms with Crippen LogP contribution in [0.2, 0.25) is 0 Å². The van der Waals surface area contributed by atoms with Crippen LogP contribution in [0, 0.1) is 5.41 Å². The molecule has 1 aliphatic rings. The minimum Gasteiger partial charge on any atom is -0.460 e. The van der Waals surface area contributed by atoms with Crippen molar-refractivity contribution in [2.75, 3.05) is 38.0 Å². The van der Waals surface area contributed by atoms with Crippen molar-refractivity contribution in [3.63, 3.8) is 0 Å². The minimum absolute atomic E-state index is 0.0990. The normalized spacial score (nSPS) is 13.8. The highest BCUT2D eigenvalue weighted by Crippen LogP contribution is 2.15. The van der Waals surface area contributed by atoms with E-state index in [0.29, 0.717) is 31.9 Å². The molecule has 0 aromatic heterocycles. The zero-order valence-corrected chi connectivity index (χ0v) is 23.5. The number of carbonyl (C=O) groups excluding carboxylic acids is 4. The second-order valence-electron chi connectivity index (χ2n) is 9.82. The predicted octanol–water partition coefficient (Wildman–Crippen LogP) is 2.36. The number of piperazine rings is 1. The fourth-order valence-electron chi connectivity index (χ4n) is 4.47. The molecule has 0 radical (unpaired) electrons. The highest BCUT2D eigenvalue weighted by molar-refractivity contribution is 6.10. The van der Waals surface area contributed by atoms with E-state index in [0.717, 1.165) is 11.1 Å². The number of esters is 1. The van der Waals surface area contributed by atoms with Crippen molar-refractivity contribution in [3.8, 4) is 0 Å². The highest BCUT2D eigenvalue weighted by Gasteiger charge is 2.33. The fourth-order valence-corrected chi connectivity index (χ4v) is 4.47. The first-order valence-corrected chi connectivity index (χ1v) is 13.7. The number of nitrogens with zero attached hydrogens (tertiary/aromatic N) is 2. The molecule has 43 heavy (non-hydrogen) atoms. The quantitative estimate of drug-likeness (QED) is 0.151. The molecule has 1 saturated heterocycles. The van der Waals surface area contributed by atoms with Gasteiger partial charge in [0.15, 0.2) is 0 Å². The molecule has 224 valence electrons. The number of nitrogens with two attached hydrogens (primary N) is 1. The highest BCUT2D eigenvalue weighted by atomic mass is 16.6. The van der Waals surface area contributed by atoms with Gasteiger partial charge in [-0.05, 0) is 29.3 Å². The number of nitrogens with one attached hydrogen (secondary N) is 3. The van der Waals surface area contributed by atoms with Crippen LogP contribution in [0.1, 0.15) is 21.5 Å². The number of hydrogen-bond acceptors (Lipinski definition) is 8. The molecule has 0 aliphatic carbocycles. The molecule has 3 amide bonds. The molecule has 12 heteroatoms. The second-order valence-corrected chi connectivity index (χ2v) is 9.82. The van der Waals surface area contributed by atoms with E-state index in [-0.39, 0.29) is 31.2 Å². The molecular weight excluding hydrogens is 552 g/mol. The molecule has 1 heterocycles. The SMILES string of the molecule is N=C(N)C(C(=O)Nc1cccc(C(=O)NCC(=O)OCc2ccccc2)c1)N1CCN(C(=O)OCc2ccccc2)CC1. The van der Waals surface area contributed by atoms with E-state index in [9.17, 15) is 19.2 Å². The van der Waals surface area contributed by atoms with Gasteiger partial charge in [-0.15, -0.1) is 0 Å². The molecule has 12 nitrogen and oxygen atoms in total. The Balaban J connectivity index is 1.25. The van der Waals surface area contributed by atoms with Gasteiger partial charge in [0.25, 0.3) is 5.91 Å². The van der Waals surface area contributed by atoms with E-state index in [1.54, 1.807) is 28.0 Å². The van der Waals surface area contributed by atoms with E-state index in [1.807, 2.05) is 60.7 Å². The molecule has 3 aromatic carbocycles. The van der Waals surface area contributed by atoms with E-state index in [2.05, 4.69) is 10.6 Å². The van der Waals surface area contributed by atoms with Crippen molar-refractivity contribution in [1.29, 1.82) is 5.41 Å². The molecular formula is C31H34N6O6. The maximum absolute atomic E-state index is 13.2. The molecule has 1 aliphatic heterocycles. The Kier molecular flexibility index (Phi) is 10.8. The number of amidine groups is 1. The van der Waals surface area contributed by atoms with Gasteiger partial charge in [0, 0.05) is 37.4 Å². The molecule has 0 bridgehead atoms. The summed E-state index contributed by atoms with van der Waals surface area (Å²) in [6.45, 7) is 1.15. The van der Waals surface area contributed by atoms with Gasteiger partial charge in [-0.1, -0.05) is 66.7 Å². The standard InChI is InChI=1S/C31H34N6O6/c32-28(33)27(36-14-16-37(17-15-36)31(41)43-21-23-10-5-2-6-11-23)30(40)35-25-13-7-12-24(18-25)29(39)34-19-26(38)42-20-22-8-3-1-4-9-22/h1-13,18,27H,14-17,19-21H2,(H3,32,33)(H,34,39)(H,35,40). The van der Waals surface area contributed by atoms with E-state index >= 15 is 0 Å². The summed E-state index contributed by atoms with van der Waals surface area (Å²) in [4.78, 5) is 53.6. The van der Waals surface area contributed by atoms with Gasteiger partial charge in [0.05, 0.1) is 0 Å². The second kappa shape index (κ2) is 15.1. The van der Waals surface area contributed by atoms with E-state index < -0.39 is 29.9 Å².